The maximum Gasteiger partial charge on any atom is 0.140 e. The van der Waals surface area contributed by atoms with E-state index in [4.69, 9.17) is 11.6 Å². The quantitative estimate of drug-likeness (QED) is 0.897. The Morgan fingerprint density at radius 3 is 2.68 bits per heavy atom. The molecule has 0 heterocycles. The van der Waals surface area contributed by atoms with E-state index < -0.39 is 6.04 Å². The smallest absolute Gasteiger partial charge is 0.140 e. The van der Waals surface area contributed by atoms with Gasteiger partial charge in [-0.05, 0) is 48.4 Å². The summed E-state index contributed by atoms with van der Waals surface area (Å²) in [5.41, 5.74) is 2.24. The second-order valence-corrected chi connectivity index (χ2v) is 4.65. The fraction of sp³-hybridized carbons (Fsp3) is 0.133. The van der Waals surface area contributed by atoms with Gasteiger partial charge < -0.3 is 5.32 Å². The molecule has 96 valence electrons. The Labute approximate surface area is 116 Å². The fourth-order valence-corrected chi connectivity index (χ4v) is 2.08. The maximum absolute atomic E-state index is 13.1. The Morgan fingerprint density at radius 2 is 2.05 bits per heavy atom. The molecule has 0 saturated heterocycles. The van der Waals surface area contributed by atoms with Crippen molar-refractivity contribution < 1.29 is 4.39 Å². The molecular weight excluding hydrogens is 263 g/mol. The zero-order valence-electron chi connectivity index (χ0n) is 10.3. The summed E-state index contributed by atoms with van der Waals surface area (Å²) in [6.07, 6.45) is 0. The second-order valence-electron chi connectivity index (χ2n) is 4.22. The van der Waals surface area contributed by atoms with E-state index in [-0.39, 0.29) is 5.82 Å². The molecular formula is C15H12ClFN2. The van der Waals surface area contributed by atoms with Crippen LogP contribution in [0.3, 0.4) is 0 Å². The van der Waals surface area contributed by atoms with Gasteiger partial charge in [0.1, 0.15) is 11.9 Å². The lowest BCUT2D eigenvalue weighted by atomic mass is 10.0. The first-order valence-electron chi connectivity index (χ1n) is 5.78. The molecule has 2 aromatic rings. The number of hydrogen-bond acceptors (Lipinski definition) is 2. The summed E-state index contributed by atoms with van der Waals surface area (Å²) in [6, 6.07) is 13.2. The van der Waals surface area contributed by atoms with Crippen molar-refractivity contribution in [1.82, 2.24) is 0 Å². The number of benzene rings is 2. The lowest BCUT2D eigenvalue weighted by Gasteiger charge is -2.15. The van der Waals surface area contributed by atoms with E-state index in [0.717, 1.165) is 16.8 Å². The summed E-state index contributed by atoms with van der Waals surface area (Å²) in [4.78, 5) is 0. The van der Waals surface area contributed by atoms with E-state index in [9.17, 15) is 9.65 Å². The summed E-state index contributed by atoms with van der Waals surface area (Å²) in [5, 5.41) is 12.9. The molecule has 2 rings (SSSR count). The maximum atomic E-state index is 13.1. The van der Waals surface area contributed by atoms with Crippen LogP contribution in [0.25, 0.3) is 0 Å². The van der Waals surface area contributed by atoms with Crippen molar-refractivity contribution in [1.29, 1.82) is 5.26 Å². The van der Waals surface area contributed by atoms with Crippen LogP contribution in [0, 0.1) is 24.1 Å². The number of hydrogen-bond donors (Lipinski definition) is 1. The third kappa shape index (κ3) is 3.24. The minimum Gasteiger partial charge on any atom is -0.366 e. The normalized spacial score (nSPS) is 11.7. The van der Waals surface area contributed by atoms with Gasteiger partial charge in [0, 0.05) is 10.7 Å². The van der Waals surface area contributed by atoms with Crippen molar-refractivity contribution in [2.24, 2.45) is 0 Å². The molecule has 0 radical (unpaired) electrons. The Morgan fingerprint density at radius 1 is 1.26 bits per heavy atom. The summed E-state index contributed by atoms with van der Waals surface area (Å²) >= 11 is 5.90. The van der Waals surface area contributed by atoms with Crippen LogP contribution in [0.15, 0.2) is 42.5 Å². The largest absolute Gasteiger partial charge is 0.366 e. The van der Waals surface area contributed by atoms with Crippen LogP contribution < -0.4 is 5.32 Å². The van der Waals surface area contributed by atoms with Gasteiger partial charge in [-0.25, -0.2) is 4.39 Å². The second kappa shape index (κ2) is 5.73. The molecule has 19 heavy (non-hydrogen) atoms. The number of halogens is 2. The van der Waals surface area contributed by atoms with E-state index in [1.165, 1.54) is 12.1 Å². The highest BCUT2D eigenvalue weighted by atomic mass is 35.5. The Kier molecular flexibility index (Phi) is 4.03. The predicted molar refractivity (Wildman–Crippen MR) is 74.6 cm³/mol. The lowest BCUT2D eigenvalue weighted by molar-refractivity contribution is 0.625. The first-order valence-corrected chi connectivity index (χ1v) is 6.15. The minimum atomic E-state index is -0.543. The molecule has 0 saturated carbocycles. The van der Waals surface area contributed by atoms with Crippen LogP contribution in [0.2, 0.25) is 5.02 Å². The molecule has 2 nitrogen and oxygen atoms in total. The molecule has 0 spiro atoms. The van der Waals surface area contributed by atoms with Crippen LogP contribution in [0.1, 0.15) is 17.2 Å². The van der Waals surface area contributed by atoms with Gasteiger partial charge in [0.15, 0.2) is 0 Å². The highest BCUT2D eigenvalue weighted by Gasteiger charge is 2.13. The van der Waals surface area contributed by atoms with Crippen molar-refractivity contribution in [3.05, 3.63) is 64.4 Å². The Hall–Kier alpha value is -2.05. The van der Waals surface area contributed by atoms with E-state index >= 15 is 0 Å². The molecule has 0 aliphatic rings. The van der Waals surface area contributed by atoms with Gasteiger partial charge in [-0.2, -0.15) is 5.26 Å². The fourth-order valence-electron chi connectivity index (χ4n) is 1.89. The first kappa shape index (κ1) is 13.4. The topological polar surface area (TPSA) is 35.8 Å². The van der Waals surface area contributed by atoms with Crippen LogP contribution >= 0.6 is 11.6 Å². The average Bonchev–Trinajstić information content (AvgIpc) is 2.37. The van der Waals surface area contributed by atoms with Crippen molar-refractivity contribution in [2.45, 2.75) is 13.0 Å². The van der Waals surface area contributed by atoms with Gasteiger partial charge in [-0.3, -0.25) is 0 Å². The van der Waals surface area contributed by atoms with Gasteiger partial charge in [0.05, 0.1) is 6.07 Å². The highest BCUT2D eigenvalue weighted by Crippen LogP contribution is 2.24. The van der Waals surface area contributed by atoms with Gasteiger partial charge in [-0.1, -0.05) is 23.7 Å². The summed E-state index contributed by atoms with van der Waals surface area (Å²) < 4.78 is 13.1. The molecule has 0 fully saturated rings. The standard InChI is InChI=1S/C15H12ClFN2/c1-10-7-12(17)5-6-14(10)15(9-18)19-13-4-2-3-11(16)8-13/h2-8,15,19H,1H3. The highest BCUT2D eigenvalue weighted by molar-refractivity contribution is 6.30. The third-order valence-corrected chi connectivity index (χ3v) is 3.04. The first-order chi connectivity index (χ1) is 9.10. The summed E-state index contributed by atoms with van der Waals surface area (Å²) in [6.45, 7) is 1.78. The van der Waals surface area contributed by atoms with E-state index in [2.05, 4.69) is 11.4 Å². The lowest BCUT2D eigenvalue weighted by Crippen LogP contribution is -2.10. The molecule has 0 amide bonds. The number of nitrogens with one attached hydrogen (secondary N) is 1. The molecule has 4 heteroatoms. The van der Waals surface area contributed by atoms with Crippen molar-refractivity contribution in [2.75, 3.05) is 5.32 Å². The molecule has 1 atom stereocenters. The predicted octanol–water partition coefficient (Wildman–Crippen LogP) is 4.46. The molecule has 0 aliphatic heterocycles. The van der Waals surface area contributed by atoms with Gasteiger partial charge in [0.25, 0.3) is 0 Å². The van der Waals surface area contributed by atoms with Crippen molar-refractivity contribution in [3.8, 4) is 6.07 Å². The van der Waals surface area contributed by atoms with Crippen LogP contribution in [0.5, 0.6) is 0 Å². The number of nitriles is 1. The Balaban J connectivity index is 2.28. The minimum absolute atomic E-state index is 0.305. The van der Waals surface area contributed by atoms with Gasteiger partial charge in [0.2, 0.25) is 0 Å². The van der Waals surface area contributed by atoms with Crippen molar-refractivity contribution in [3.63, 3.8) is 0 Å². The van der Waals surface area contributed by atoms with Crippen LogP contribution in [0.4, 0.5) is 10.1 Å². The zero-order chi connectivity index (χ0) is 13.8. The molecule has 2 aromatic carbocycles. The van der Waals surface area contributed by atoms with Gasteiger partial charge in [-0.15, -0.1) is 0 Å². The average molecular weight is 275 g/mol. The van der Waals surface area contributed by atoms with E-state index in [0.29, 0.717) is 5.02 Å². The Bertz CT molecular complexity index is 634. The van der Waals surface area contributed by atoms with E-state index in [1.807, 2.05) is 6.07 Å². The van der Waals surface area contributed by atoms with Crippen LogP contribution in [-0.2, 0) is 0 Å². The molecule has 0 bridgehead atoms. The third-order valence-electron chi connectivity index (χ3n) is 2.81. The monoisotopic (exact) mass is 274 g/mol. The number of anilines is 1. The molecule has 1 unspecified atom stereocenters. The SMILES string of the molecule is Cc1cc(F)ccc1C(C#N)Nc1cccc(Cl)c1. The van der Waals surface area contributed by atoms with Crippen LogP contribution in [-0.4, -0.2) is 0 Å². The number of aryl methyl sites for hydroxylation is 1. The van der Waals surface area contributed by atoms with Gasteiger partial charge >= 0.3 is 0 Å². The summed E-state index contributed by atoms with van der Waals surface area (Å²) in [7, 11) is 0. The number of nitrogens with zero attached hydrogens (tertiary/aromatic N) is 1. The molecule has 0 aliphatic carbocycles. The van der Waals surface area contributed by atoms with E-state index in [1.54, 1.807) is 31.2 Å². The zero-order valence-corrected chi connectivity index (χ0v) is 11.1. The number of rotatable bonds is 3. The summed E-state index contributed by atoms with van der Waals surface area (Å²) in [5.74, 6) is -0.305. The molecule has 0 aromatic heterocycles. The molecule has 1 N–H and O–H groups in total. The van der Waals surface area contributed by atoms with Crippen molar-refractivity contribution >= 4 is 17.3 Å².